The SMILES string of the molecule is Cc1cc([C@@H](C)Nc2cccnc2C)c2oc(-c3ccccc3)c(C)c(=O)c2c1. The lowest BCUT2D eigenvalue weighted by Crippen LogP contribution is -2.13. The predicted octanol–water partition coefficient (Wildman–Crippen LogP) is 5.95. The van der Waals surface area contributed by atoms with Crippen LogP contribution in [0.3, 0.4) is 0 Å². The molecule has 2 aromatic carbocycles. The van der Waals surface area contributed by atoms with Gasteiger partial charge in [-0.25, -0.2) is 0 Å². The van der Waals surface area contributed by atoms with E-state index in [4.69, 9.17) is 4.42 Å². The van der Waals surface area contributed by atoms with Gasteiger partial charge in [0.25, 0.3) is 0 Å². The average molecular weight is 384 g/mol. The van der Waals surface area contributed by atoms with Crippen molar-refractivity contribution in [3.8, 4) is 11.3 Å². The van der Waals surface area contributed by atoms with E-state index in [0.717, 1.165) is 28.1 Å². The fraction of sp³-hybridized carbons (Fsp3) is 0.200. The number of nitrogens with one attached hydrogen (secondary N) is 1. The largest absolute Gasteiger partial charge is 0.455 e. The highest BCUT2D eigenvalue weighted by atomic mass is 16.3. The van der Waals surface area contributed by atoms with Gasteiger partial charge in [-0.2, -0.15) is 0 Å². The fourth-order valence-electron chi connectivity index (χ4n) is 3.70. The molecule has 1 N–H and O–H groups in total. The lowest BCUT2D eigenvalue weighted by atomic mass is 9.99. The molecule has 0 saturated carbocycles. The highest BCUT2D eigenvalue weighted by molar-refractivity contribution is 5.84. The zero-order valence-electron chi connectivity index (χ0n) is 17.1. The molecular formula is C25H24N2O2. The normalized spacial score (nSPS) is 12.1. The first kappa shape index (κ1) is 18.9. The molecule has 0 aliphatic rings. The molecule has 2 heterocycles. The monoisotopic (exact) mass is 384 g/mol. The molecule has 0 unspecified atom stereocenters. The lowest BCUT2D eigenvalue weighted by Gasteiger charge is -2.19. The van der Waals surface area contributed by atoms with Crippen LogP contribution in [0.25, 0.3) is 22.3 Å². The second kappa shape index (κ2) is 7.55. The molecule has 4 aromatic rings. The Morgan fingerprint density at radius 1 is 1.00 bits per heavy atom. The van der Waals surface area contributed by atoms with Crippen molar-refractivity contribution < 1.29 is 4.42 Å². The molecule has 0 saturated heterocycles. The Bertz CT molecular complexity index is 1240. The topological polar surface area (TPSA) is 55.1 Å². The Kier molecular flexibility index (Phi) is 4.93. The summed E-state index contributed by atoms with van der Waals surface area (Å²) in [6, 6.07) is 17.6. The van der Waals surface area contributed by atoms with E-state index >= 15 is 0 Å². The molecule has 29 heavy (non-hydrogen) atoms. The summed E-state index contributed by atoms with van der Waals surface area (Å²) in [6.45, 7) is 7.88. The van der Waals surface area contributed by atoms with Crippen LogP contribution in [-0.2, 0) is 0 Å². The molecule has 0 fully saturated rings. The minimum Gasteiger partial charge on any atom is -0.455 e. The van der Waals surface area contributed by atoms with Gasteiger partial charge >= 0.3 is 0 Å². The Morgan fingerprint density at radius 3 is 2.48 bits per heavy atom. The second-order valence-electron chi connectivity index (χ2n) is 7.48. The molecule has 0 bridgehead atoms. The number of fused-ring (bicyclic) bond motifs is 1. The number of benzene rings is 2. The number of nitrogens with zero attached hydrogens (tertiary/aromatic N) is 1. The maximum Gasteiger partial charge on any atom is 0.196 e. The third-order valence-electron chi connectivity index (χ3n) is 5.27. The number of pyridine rings is 1. The van der Waals surface area contributed by atoms with Gasteiger partial charge in [0, 0.05) is 22.9 Å². The van der Waals surface area contributed by atoms with Crippen molar-refractivity contribution in [2.24, 2.45) is 0 Å². The van der Waals surface area contributed by atoms with Gasteiger partial charge in [0.1, 0.15) is 11.3 Å². The van der Waals surface area contributed by atoms with Crippen LogP contribution in [0.1, 0.15) is 35.3 Å². The van der Waals surface area contributed by atoms with Crippen molar-refractivity contribution in [3.05, 3.63) is 93.4 Å². The molecular weight excluding hydrogens is 360 g/mol. The van der Waals surface area contributed by atoms with Crippen molar-refractivity contribution in [3.63, 3.8) is 0 Å². The quantitative estimate of drug-likeness (QED) is 0.472. The van der Waals surface area contributed by atoms with Gasteiger partial charge in [-0.15, -0.1) is 0 Å². The molecule has 2 aromatic heterocycles. The van der Waals surface area contributed by atoms with Crippen LogP contribution in [0.4, 0.5) is 5.69 Å². The van der Waals surface area contributed by atoms with Crippen LogP contribution in [0.5, 0.6) is 0 Å². The summed E-state index contributed by atoms with van der Waals surface area (Å²) >= 11 is 0. The van der Waals surface area contributed by atoms with E-state index in [0.29, 0.717) is 22.3 Å². The Labute approximate surface area is 170 Å². The average Bonchev–Trinajstić information content (AvgIpc) is 2.72. The molecule has 4 rings (SSSR count). The smallest absolute Gasteiger partial charge is 0.196 e. The molecule has 4 nitrogen and oxygen atoms in total. The van der Waals surface area contributed by atoms with E-state index in [9.17, 15) is 4.79 Å². The second-order valence-corrected chi connectivity index (χ2v) is 7.48. The first-order chi connectivity index (χ1) is 14.0. The molecule has 0 radical (unpaired) electrons. The van der Waals surface area contributed by atoms with E-state index < -0.39 is 0 Å². The summed E-state index contributed by atoms with van der Waals surface area (Å²) in [4.78, 5) is 17.5. The van der Waals surface area contributed by atoms with Crippen molar-refractivity contribution in [1.82, 2.24) is 4.98 Å². The summed E-state index contributed by atoms with van der Waals surface area (Å²) in [6.07, 6.45) is 1.78. The van der Waals surface area contributed by atoms with E-state index in [2.05, 4.69) is 23.3 Å². The summed E-state index contributed by atoms with van der Waals surface area (Å²) in [5, 5.41) is 4.13. The minimum atomic E-state index is -0.0604. The first-order valence-electron chi connectivity index (χ1n) is 9.77. The highest BCUT2D eigenvalue weighted by Gasteiger charge is 2.19. The molecule has 0 aliphatic carbocycles. The van der Waals surface area contributed by atoms with Crippen molar-refractivity contribution >= 4 is 16.7 Å². The fourth-order valence-corrected chi connectivity index (χ4v) is 3.70. The predicted molar refractivity (Wildman–Crippen MR) is 118 cm³/mol. The Morgan fingerprint density at radius 2 is 1.76 bits per heavy atom. The molecule has 0 aliphatic heterocycles. The molecule has 1 atom stereocenters. The van der Waals surface area contributed by atoms with Crippen LogP contribution < -0.4 is 10.7 Å². The third kappa shape index (κ3) is 3.54. The van der Waals surface area contributed by atoms with Gasteiger partial charge in [0.15, 0.2) is 5.43 Å². The Balaban J connectivity index is 1.91. The van der Waals surface area contributed by atoms with Crippen molar-refractivity contribution in [2.75, 3.05) is 5.32 Å². The maximum absolute atomic E-state index is 13.2. The summed E-state index contributed by atoms with van der Waals surface area (Å²) in [5.74, 6) is 0.623. The molecule has 0 amide bonds. The van der Waals surface area contributed by atoms with Crippen molar-refractivity contribution in [2.45, 2.75) is 33.7 Å². The number of aromatic nitrogens is 1. The van der Waals surface area contributed by atoms with Gasteiger partial charge < -0.3 is 9.73 Å². The molecule has 4 heteroatoms. The van der Waals surface area contributed by atoms with Gasteiger partial charge in [0.2, 0.25) is 0 Å². The van der Waals surface area contributed by atoms with E-state index in [-0.39, 0.29) is 11.5 Å². The Hall–Kier alpha value is -3.40. The first-order valence-corrected chi connectivity index (χ1v) is 9.77. The number of hydrogen-bond acceptors (Lipinski definition) is 4. The van der Waals surface area contributed by atoms with E-state index in [1.807, 2.05) is 69.3 Å². The van der Waals surface area contributed by atoms with Crippen LogP contribution in [0.2, 0.25) is 0 Å². The van der Waals surface area contributed by atoms with Crippen LogP contribution in [-0.4, -0.2) is 4.98 Å². The van der Waals surface area contributed by atoms with Gasteiger partial charge in [0.05, 0.1) is 22.8 Å². The van der Waals surface area contributed by atoms with Gasteiger partial charge in [-0.1, -0.05) is 36.4 Å². The standard InChI is InChI=1S/C25H24N2O2/c1-15-13-20(17(3)27-22-11-8-12-26-18(22)4)25-21(14-15)23(28)16(2)24(29-25)19-9-6-5-7-10-19/h5-14,17,27H,1-4H3/t17-/m1/s1. The molecule has 146 valence electrons. The highest BCUT2D eigenvalue weighted by Crippen LogP contribution is 2.32. The number of rotatable bonds is 4. The van der Waals surface area contributed by atoms with Gasteiger partial charge in [-0.3, -0.25) is 9.78 Å². The summed E-state index contributed by atoms with van der Waals surface area (Å²) in [7, 11) is 0. The minimum absolute atomic E-state index is 0.0137. The maximum atomic E-state index is 13.2. The van der Waals surface area contributed by atoms with E-state index in [1.54, 1.807) is 6.20 Å². The van der Waals surface area contributed by atoms with Crippen LogP contribution >= 0.6 is 0 Å². The van der Waals surface area contributed by atoms with Crippen LogP contribution in [0, 0.1) is 20.8 Å². The third-order valence-corrected chi connectivity index (χ3v) is 5.27. The number of anilines is 1. The summed E-state index contributed by atoms with van der Waals surface area (Å²) < 4.78 is 6.38. The van der Waals surface area contributed by atoms with Crippen molar-refractivity contribution in [1.29, 1.82) is 0 Å². The van der Waals surface area contributed by atoms with E-state index in [1.165, 1.54) is 0 Å². The number of aryl methyl sites for hydroxylation is 2. The zero-order chi connectivity index (χ0) is 20.5. The van der Waals surface area contributed by atoms with Gasteiger partial charge in [-0.05, 0) is 51.5 Å². The number of hydrogen-bond donors (Lipinski definition) is 1. The lowest BCUT2D eigenvalue weighted by molar-refractivity contribution is 0.605. The zero-order valence-corrected chi connectivity index (χ0v) is 17.1. The molecule has 0 spiro atoms. The van der Waals surface area contributed by atoms with Crippen LogP contribution in [0.15, 0.2) is 70.0 Å². The summed E-state index contributed by atoms with van der Waals surface area (Å²) in [5.41, 5.74) is 6.06.